The number of nitrogens with zero attached hydrogens (tertiary/aromatic N) is 2. The fraction of sp³-hybridized carbons (Fsp3) is 0.125. The summed E-state index contributed by atoms with van der Waals surface area (Å²) in [6, 6.07) is 8.79. The summed E-state index contributed by atoms with van der Waals surface area (Å²) in [5.74, 6) is -1.80. The molecule has 2 aromatic carbocycles. The zero-order chi connectivity index (χ0) is 19.0. The van der Waals surface area contributed by atoms with E-state index in [0.717, 1.165) is 6.07 Å². The Morgan fingerprint density at radius 1 is 1.38 bits per heavy atom. The Labute approximate surface area is 152 Å². The van der Waals surface area contributed by atoms with Crippen LogP contribution in [0.1, 0.15) is 22.1 Å². The minimum atomic E-state index is -1.07. The summed E-state index contributed by atoms with van der Waals surface area (Å²) in [6.45, 7) is -0.290. The highest BCUT2D eigenvalue weighted by atomic mass is 35.5. The summed E-state index contributed by atoms with van der Waals surface area (Å²) < 4.78 is 0. The van der Waals surface area contributed by atoms with Gasteiger partial charge in [0.2, 0.25) is 11.7 Å². The predicted octanol–water partition coefficient (Wildman–Crippen LogP) is 1.69. The van der Waals surface area contributed by atoms with Gasteiger partial charge in [-0.25, -0.2) is 0 Å². The van der Waals surface area contributed by atoms with E-state index in [4.69, 9.17) is 17.3 Å². The van der Waals surface area contributed by atoms with Gasteiger partial charge in [0, 0.05) is 16.7 Å². The monoisotopic (exact) mass is 376 g/mol. The number of para-hydroxylation sites is 1. The Bertz CT molecular complexity index is 933. The number of nitrogens with one attached hydrogen (secondary N) is 1. The molecule has 0 saturated carbocycles. The smallest absolute Gasteiger partial charge is 0.312 e. The Balaban J connectivity index is 2.19. The van der Waals surface area contributed by atoms with Crippen LogP contribution in [0.4, 0.5) is 11.4 Å². The lowest BCUT2D eigenvalue weighted by molar-refractivity contribution is -0.385. The van der Waals surface area contributed by atoms with Crippen LogP contribution >= 0.6 is 11.6 Å². The Morgan fingerprint density at radius 2 is 2.08 bits per heavy atom. The Morgan fingerprint density at radius 3 is 2.73 bits per heavy atom. The molecule has 0 unspecified atom stereocenters. The Kier molecular flexibility index (Phi) is 4.39. The van der Waals surface area contributed by atoms with Crippen LogP contribution in [0.3, 0.4) is 0 Å². The molecule has 1 aliphatic heterocycles. The number of primary amides is 1. The zero-order valence-electron chi connectivity index (χ0n) is 13.2. The lowest BCUT2D eigenvalue weighted by Gasteiger charge is -2.38. The first-order valence-electron chi connectivity index (χ1n) is 7.41. The number of fused-ring (bicyclic) bond motifs is 1. The number of rotatable bonds is 4. The second kappa shape index (κ2) is 6.52. The summed E-state index contributed by atoms with van der Waals surface area (Å²) in [6.07, 6.45) is -1.07. The van der Waals surface area contributed by atoms with Crippen molar-refractivity contribution in [2.24, 2.45) is 5.73 Å². The first-order valence-corrected chi connectivity index (χ1v) is 7.79. The molecule has 0 aliphatic carbocycles. The molecule has 0 saturated heterocycles. The molecule has 3 rings (SSSR count). The van der Waals surface area contributed by atoms with Crippen molar-refractivity contribution in [2.45, 2.75) is 6.17 Å². The van der Waals surface area contributed by atoms with E-state index in [0.29, 0.717) is 11.3 Å². The number of amides is 2. The van der Waals surface area contributed by atoms with E-state index in [-0.39, 0.29) is 17.1 Å². The molecule has 10 heteroatoms. The number of nitrogens with two attached hydrogens (primary N) is 1. The Hall–Kier alpha value is -3.33. The van der Waals surface area contributed by atoms with Crippen molar-refractivity contribution < 1.29 is 19.6 Å². The van der Waals surface area contributed by atoms with Gasteiger partial charge in [-0.2, -0.15) is 0 Å². The minimum Gasteiger partial charge on any atom is -0.502 e. The van der Waals surface area contributed by atoms with Crippen molar-refractivity contribution in [3.63, 3.8) is 0 Å². The molecule has 0 bridgehead atoms. The molecule has 1 heterocycles. The van der Waals surface area contributed by atoms with Gasteiger partial charge in [-0.3, -0.25) is 19.7 Å². The average molecular weight is 377 g/mol. The largest absolute Gasteiger partial charge is 0.502 e. The number of aromatic hydroxyl groups is 1. The van der Waals surface area contributed by atoms with Crippen LogP contribution in [0.25, 0.3) is 0 Å². The lowest BCUT2D eigenvalue weighted by atomic mass is 10.0. The molecule has 9 nitrogen and oxygen atoms in total. The summed E-state index contributed by atoms with van der Waals surface area (Å²) in [7, 11) is 0. The SMILES string of the molecule is NC(=O)CN1c2ccccc2C(=O)N[C@H]1c1cc(Cl)cc([N+](=O)[O-])c1O. The molecule has 1 aliphatic rings. The second-order valence-corrected chi connectivity index (χ2v) is 6.04. The van der Waals surface area contributed by atoms with Crippen molar-refractivity contribution in [1.29, 1.82) is 0 Å². The number of benzene rings is 2. The maximum Gasteiger partial charge on any atom is 0.312 e. The van der Waals surface area contributed by atoms with Gasteiger partial charge in [0.15, 0.2) is 0 Å². The van der Waals surface area contributed by atoms with E-state index in [1.54, 1.807) is 24.3 Å². The van der Waals surface area contributed by atoms with Gasteiger partial charge in [0.25, 0.3) is 5.91 Å². The van der Waals surface area contributed by atoms with Gasteiger partial charge in [0.1, 0.15) is 6.17 Å². The van der Waals surface area contributed by atoms with Gasteiger partial charge in [-0.05, 0) is 18.2 Å². The van der Waals surface area contributed by atoms with Gasteiger partial charge >= 0.3 is 5.69 Å². The number of anilines is 1. The molecule has 4 N–H and O–H groups in total. The van der Waals surface area contributed by atoms with Crippen molar-refractivity contribution in [3.8, 4) is 5.75 Å². The van der Waals surface area contributed by atoms with Crippen LogP contribution in [0.2, 0.25) is 5.02 Å². The fourth-order valence-electron chi connectivity index (χ4n) is 2.88. The van der Waals surface area contributed by atoms with Gasteiger partial charge in [0.05, 0.1) is 22.7 Å². The molecule has 1 atom stereocenters. The molecule has 134 valence electrons. The highest BCUT2D eigenvalue weighted by molar-refractivity contribution is 6.31. The summed E-state index contributed by atoms with van der Waals surface area (Å²) in [5, 5.41) is 24.1. The lowest BCUT2D eigenvalue weighted by Crippen LogP contribution is -2.49. The van der Waals surface area contributed by atoms with Crippen LogP contribution in [0, 0.1) is 10.1 Å². The maximum absolute atomic E-state index is 12.4. The fourth-order valence-corrected chi connectivity index (χ4v) is 3.10. The third-order valence-corrected chi connectivity index (χ3v) is 4.16. The number of phenols is 1. The summed E-state index contributed by atoms with van der Waals surface area (Å²) in [5.41, 5.74) is 5.39. The normalized spacial score (nSPS) is 16.0. The summed E-state index contributed by atoms with van der Waals surface area (Å²) >= 11 is 5.94. The van der Waals surface area contributed by atoms with E-state index in [1.807, 2.05) is 0 Å². The van der Waals surface area contributed by atoms with Crippen LogP contribution in [0.5, 0.6) is 5.75 Å². The van der Waals surface area contributed by atoms with Crippen molar-refractivity contribution >= 4 is 34.8 Å². The third kappa shape index (κ3) is 3.00. The average Bonchev–Trinajstić information content (AvgIpc) is 2.58. The van der Waals surface area contributed by atoms with E-state index in [2.05, 4.69) is 5.32 Å². The van der Waals surface area contributed by atoms with E-state index >= 15 is 0 Å². The molecule has 0 radical (unpaired) electrons. The molecule has 2 amide bonds. The predicted molar refractivity (Wildman–Crippen MR) is 93.0 cm³/mol. The number of carbonyl (C=O) groups is 2. The highest BCUT2D eigenvalue weighted by Crippen LogP contribution is 2.41. The van der Waals surface area contributed by atoms with Gasteiger partial charge in [-0.1, -0.05) is 23.7 Å². The van der Waals surface area contributed by atoms with Crippen molar-refractivity contribution in [2.75, 3.05) is 11.4 Å². The standard InChI is InChI=1S/C16H13ClN4O5/c17-8-5-10(14(23)12(6-8)21(25)26)15-19-16(24)9-3-1-2-4-11(9)20(15)7-13(18)22/h1-6,15,23H,7H2,(H2,18,22)(H,19,24)/t15-/m1/s1. The molecule has 26 heavy (non-hydrogen) atoms. The maximum atomic E-state index is 12.4. The number of halogens is 1. The molecule has 0 aromatic heterocycles. The van der Waals surface area contributed by atoms with Crippen molar-refractivity contribution in [3.05, 3.63) is 62.7 Å². The number of hydrogen-bond acceptors (Lipinski definition) is 6. The number of nitro benzene ring substituents is 1. The molecule has 0 spiro atoms. The molecule has 0 fully saturated rings. The van der Waals surface area contributed by atoms with E-state index < -0.39 is 34.3 Å². The van der Waals surface area contributed by atoms with Crippen LogP contribution in [0.15, 0.2) is 36.4 Å². The van der Waals surface area contributed by atoms with Crippen LogP contribution in [-0.2, 0) is 4.79 Å². The minimum absolute atomic E-state index is 0.00312. The van der Waals surface area contributed by atoms with Crippen LogP contribution in [-0.4, -0.2) is 28.4 Å². The second-order valence-electron chi connectivity index (χ2n) is 5.61. The first-order chi connectivity index (χ1) is 12.3. The molecule has 2 aromatic rings. The number of nitro groups is 1. The number of phenolic OH excluding ortho intramolecular Hbond substituents is 1. The van der Waals surface area contributed by atoms with E-state index in [1.165, 1.54) is 11.0 Å². The number of hydrogen-bond donors (Lipinski definition) is 3. The highest BCUT2D eigenvalue weighted by Gasteiger charge is 2.35. The van der Waals surface area contributed by atoms with Crippen LogP contribution < -0.4 is 16.0 Å². The third-order valence-electron chi connectivity index (χ3n) is 3.94. The van der Waals surface area contributed by atoms with Gasteiger partial charge < -0.3 is 21.1 Å². The molecular formula is C16H13ClN4O5. The van der Waals surface area contributed by atoms with Gasteiger partial charge in [-0.15, -0.1) is 0 Å². The number of carbonyl (C=O) groups excluding carboxylic acids is 2. The zero-order valence-corrected chi connectivity index (χ0v) is 13.9. The van der Waals surface area contributed by atoms with E-state index in [9.17, 15) is 24.8 Å². The topological polar surface area (TPSA) is 139 Å². The summed E-state index contributed by atoms with van der Waals surface area (Å²) in [4.78, 5) is 35.7. The van der Waals surface area contributed by atoms with Crippen molar-refractivity contribution in [1.82, 2.24) is 5.32 Å². The quantitative estimate of drug-likeness (QED) is 0.548. The molecular weight excluding hydrogens is 364 g/mol. The first kappa shape index (κ1) is 17.5.